The van der Waals surface area contributed by atoms with Gasteiger partial charge < -0.3 is 15.5 Å². The topological polar surface area (TPSA) is 111 Å². The first-order chi connectivity index (χ1) is 8.90. The fourth-order valence-electron chi connectivity index (χ4n) is 1.91. The number of nitrogens with zero attached hydrogens (tertiary/aromatic N) is 2. The molecule has 7 nitrogen and oxygen atoms in total. The zero-order valence-corrected chi connectivity index (χ0v) is 11.7. The third-order valence-electron chi connectivity index (χ3n) is 2.65. The lowest BCUT2D eigenvalue weighted by Crippen LogP contribution is -2.22. The van der Waals surface area contributed by atoms with Gasteiger partial charge in [0.15, 0.2) is 5.84 Å². The lowest BCUT2D eigenvalue weighted by atomic mass is 10.0. The summed E-state index contributed by atoms with van der Waals surface area (Å²) < 4.78 is 25.8. The van der Waals surface area contributed by atoms with Crippen molar-refractivity contribution in [2.24, 2.45) is 10.9 Å². The summed E-state index contributed by atoms with van der Waals surface area (Å²) in [5.74, 6) is 0.000299. The molecule has 0 bridgehead atoms. The standard InChI is InChI=1S/C11H17N3O4S/c1-4-8-6-9(11(12)13-15)5-7(2)10(8)14(3)18-19(16)17/h5-6,15H,4H2,1-3H3,(H2,12,13)(H,16,17)/p-1. The Kier molecular flexibility index (Phi) is 5.28. The van der Waals surface area contributed by atoms with Gasteiger partial charge in [-0.25, -0.2) is 9.27 Å². The number of hydrogen-bond acceptors (Lipinski definition) is 6. The summed E-state index contributed by atoms with van der Waals surface area (Å²) in [4.78, 5) is 0. The van der Waals surface area contributed by atoms with Crippen molar-refractivity contribution in [1.82, 2.24) is 0 Å². The second kappa shape index (κ2) is 6.50. The molecule has 1 unspecified atom stereocenters. The maximum Gasteiger partial charge on any atom is 0.170 e. The van der Waals surface area contributed by atoms with Crippen LogP contribution < -0.4 is 10.8 Å². The lowest BCUT2D eigenvalue weighted by Gasteiger charge is -2.24. The average molecular weight is 286 g/mol. The van der Waals surface area contributed by atoms with Crippen molar-refractivity contribution in [3.05, 3.63) is 28.8 Å². The highest BCUT2D eigenvalue weighted by Gasteiger charge is 2.14. The maximum atomic E-state index is 10.6. The number of benzene rings is 1. The highest BCUT2D eigenvalue weighted by Crippen LogP contribution is 2.27. The summed E-state index contributed by atoms with van der Waals surface area (Å²) >= 11 is -2.64. The zero-order valence-electron chi connectivity index (χ0n) is 10.9. The first kappa shape index (κ1) is 15.4. The molecule has 19 heavy (non-hydrogen) atoms. The Hall–Kier alpha value is -1.64. The number of hydrogen-bond donors (Lipinski definition) is 2. The van der Waals surface area contributed by atoms with Crippen LogP contribution in [0.15, 0.2) is 17.3 Å². The fraction of sp³-hybridized carbons (Fsp3) is 0.364. The van der Waals surface area contributed by atoms with Gasteiger partial charge >= 0.3 is 0 Å². The van der Waals surface area contributed by atoms with Crippen molar-refractivity contribution in [2.75, 3.05) is 12.1 Å². The molecule has 1 rings (SSSR count). The molecule has 0 amide bonds. The van der Waals surface area contributed by atoms with Crippen LogP contribution in [-0.2, 0) is 22.1 Å². The van der Waals surface area contributed by atoms with Gasteiger partial charge in [-0.3, -0.25) is 0 Å². The number of hydroxylamine groups is 1. The summed E-state index contributed by atoms with van der Waals surface area (Å²) in [6, 6.07) is 3.42. The van der Waals surface area contributed by atoms with Crippen LogP contribution in [-0.4, -0.2) is 26.9 Å². The van der Waals surface area contributed by atoms with Crippen LogP contribution in [0.5, 0.6) is 0 Å². The molecule has 0 heterocycles. The minimum atomic E-state index is -2.64. The van der Waals surface area contributed by atoms with Gasteiger partial charge in [0, 0.05) is 12.6 Å². The number of amidine groups is 1. The second-order valence-electron chi connectivity index (χ2n) is 3.92. The molecule has 0 aromatic heterocycles. The molecule has 8 heteroatoms. The normalized spacial score (nSPS) is 13.4. The molecule has 0 saturated carbocycles. The van der Waals surface area contributed by atoms with E-state index in [1.54, 1.807) is 19.1 Å². The van der Waals surface area contributed by atoms with E-state index in [1.165, 1.54) is 12.1 Å². The Morgan fingerprint density at radius 1 is 1.63 bits per heavy atom. The molecule has 1 aromatic rings. The molecule has 1 atom stereocenters. The lowest BCUT2D eigenvalue weighted by molar-refractivity contribution is 0.288. The van der Waals surface area contributed by atoms with Crippen LogP contribution in [0, 0.1) is 6.92 Å². The molecule has 0 aliphatic rings. The van der Waals surface area contributed by atoms with Gasteiger partial charge in [0.25, 0.3) is 0 Å². The zero-order chi connectivity index (χ0) is 14.6. The van der Waals surface area contributed by atoms with Gasteiger partial charge in [0.1, 0.15) is 11.4 Å². The van der Waals surface area contributed by atoms with Gasteiger partial charge in [-0.05, 0) is 36.6 Å². The van der Waals surface area contributed by atoms with Crippen molar-refractivity contribution in [1.29, 1.82) is 0 Å². The van der Waals surface area contributed by atoms with Crippen LogP contribution in [0.25, 0.3) is 0 Å². The molecule has 0 spiro atoms. The van der Waals surface area contributed by atoms with Gasteiger partial charge in [-0.1, -0.05) is 12.1 Å². The highest BCUT2D eigenvalue weighted by atomic mass is 32.2. The number of oxime groups is 1. The monoisotopic (exact) mass is 286 g/mol. The Labute approximate surface area is 114 Å². The van der Waals surface area contributed by atoms with E-state index in [0.717, 1.165) is 11.1 Å². The summed E-state index contributed by atoms with van der Waals surface area (Å²) in [6.07, 6.45) is 0.641. The first-order valence-corrected chi connectivity index (χ1v) is 6.53. The van der Waals surface area contributed by atoms with Crippen LogP contribution in [0.1, 0.15) is 23.6 Å². The maximum absolute atomic E-state index is 10.6. The predicted molar refractivity (Wildman–Crippen MR) is 71.5 cm³/mol. The molecule has 1 aromatic carbocycles. The summed E-state index contributed by atoms with van der Waals surface area (Å²) in [5, 5.41) is 12.8. The summed E-state index contributed by atoms with van der Waals surface area (Å²) in [7, 11) is 1.50. The van der Waals surface area contributed by atoms with Crippen molar-refractivity contribution in [2.45, 2.75) is 20.3 Å². The predicted octanol–water partition coefficient (Wildman–Crippen LogP) is 0.814. The molecule has 3 N–H and O–H groups in total. The third kappa shape index (κ3) is 3.66. The van der Waals surface area contributed by atoms with E-state index >= 15 is 0 Å². The average Bonchev–Trinajstić information content (AvgIpc) is 2.35. The quantitative estimate of drug-likeness (QED) is 0.272. The molecular weight excluding hydrogens is 270 g/mol. The van der Waals surface area contributed by atoms with Crippen molar-refractivity contribution in [3.63, 3.8) is 0 Å². The molecular formula is C11H16N3O4S-. The highest BCUT2D eigenvalue weighted by molar-refractivity contribution is 7.74. The third-order valence-corrected chi connectivity index (χ3v) is 3.00. The smallest absolute Gasteiger partial charge is 0.170 e. The van der Waals surface area contributed by atoms with E-state index in [9.17, 15) is 8.76 Å². The van der Waals surface area contributed by atoms with Gasteiger partial charge in [-0.15, -0.1) is 0 Å². The number of anilines is 1. The second-order valence-corrected chi connectivity index (χ2v) is 4.47. The molecule has 0 aliphatic heterocycles. The van der Waals surface area contributed by atoms with Gasteiger partial charge in [-0.2, -0.15) is 4.28 Å². The number of aryl methyl sites for hydroxylation is 2. The van der Waals surface area contributed by atoms with Crippen LogP contribution in [0.3, 0.4) is 0 Å². The molecule has 106 valence electrons. The van der Waals surface area contributed by atoms with Crippen LogP contribution >= 0.6 is 0 Å². The Balaban J connectivity index is 3.29. The van der Waals surface area contributed by atoms with Gasteiger partial charge in [0.2, 0.25) is 0 Å². The summed E-state index contributed by atoms with van der Waals surface area (Å²) in [5.41, 5.74) is 8.34. The Bertz CT molecular complexity index is 519. The van der Waals surface area contributed by atoms with E-state index in [0.29, 0.717) is 17.7 Å². The molecule has 0 aliphatic carbocycles. The van der Waals surface area contributed by atoms with E-state index in [2.05, 4.69) is 9.44 Å². The first-order valence-electron chi connectivity index (χ1n) is 5.53. The van der Waals surface area contributed by atoms with E-state index in [-0.39, 0.29) is 5.84 Å². The van der Waals surface area contributed by atoms with E-state index in [4.69, 9.17) is 10.9 Å². The van der Waals surface area contributed by atoms with Gasteiger partial charge in [0.05, 0.1) is 5.69 Å². The van der Waals surface area contributed by atoms with Crippen molar-refractivity contribution < 1.29 is 18.3 Å². The summed E-state index contributed by atoms with van der Waals surface area (Å²) in [6.45, 7) is 3.70. The van der Waals surface area contributed by atoms with E-state index in [1.807, 2.05) is 6.92 Å². The number of nitrogens with two attached hydrogens (primary N) is 1. The van der Waals surface area contributed by atoms with E-state index < -0.39 is 11.4 Å². The molecule has 0 saturated heterocycles. The molecule has 0 fully saturated rings. The number of rotatable bonds is 5. The van der Waals surface area contributed by atoms with Crippen LogP contribution in [0.2, 0.25) is 0 Å². The van der Waals surface area contributed by atoms with Crippen molar-refractivity contribution in [3.8, 4) is 0 Å². The van der Waals surface area contributed by atoms with Crippen LogP contribution in [0.4, 0.5) is 5.69 Å². The van der Waals surface area contributed by atoms with Crippen molar-refractivity contribution >= 4 is 22.9 Å². The minimum absolute atomic E-state index is 0.000299. The fourth-order valence-corrected chi connectivity index (χ4v) is 2.16. The SMILES string of the molecule is CCc1cc(C(N)=NO)cc(C)c1N(C)OS(=O)[O-]. The molecule has 0 radical (unpaired) electrons. The largest absolute Gasteiger partial charge is 0.748 e. The Morgan fingerprint density at radius 2 is 2.26 bits per heavy atom. The Morgan fingerprint density at radius 3 is 2.74 bits per heavy atom. The minimum Gasteiger partial charge on any atom is -0.748 e.